The van der Waals surface area contributed by atoms with Gasteiger partial charge in [0.15, 0.2) is 0 Å². The fraction of sp³-hybridized carbons (Fsp3) is 0.350. The second kappa shape index (κ2) is 7.54. The van der Waals surface area contributed by atoms with E-state index in [1.54, 1.807) is 12.1 Å². The second-order valence-electron chi connectivity index (χ2n) is 7.44. The van der Waals surface area contributed by atoms with Crippen molar-refractivity contribution in [2.24, 2.45) is 5.14 Å². The van der Waals surface area contributed by atoms with Gasteiger partial charge in [-0.15, -0.1) is 0 Å². The summed E-state index contributed by atoms with van der Waals surface area (Å²) >= 11 is 0. The predicted octanol–water partition coefficient (Wildman–Crippen LogP) is 2.27. The van der Waals surface area contributed by atoms with Crippen LogP contribution in [0, 0.1) is 13.8 Å². The normalized spacial score (nSPS) is 15.4. The van der Waals surface area contributed by atoms with Gasteiger partial charge in [0.2, 0.25) is 10.0 Å². The largest absolute Gasteiger partial charge is 0.359 e. The lowest BCUT2D eigenvalue weighted by Gasteiger charge is -2.09. The number of sulfonamides is 1. The van der Waals surface area contributed by atoms with Gasteiger partial charge < -0.3 is 15.2 Å². The van der Waals surface area contributed by atoms with Gasteiger partial charge >= 0.3 is 0 Å². The number of primary sulfonamides is 1. The molecule has 3 rings (SSSR count). The van der Waals surface area contributed by atoms with Crippen LogP contribution in [-0.4, -0.2) is 44.8 Å². The lowest BCUT2D eigenvalue weighted by atomic mass is 10.0. The molecule has 0 aliphatic carbocycles. The standard InChI is InChI=1S/C20H26N4O3S/c1-12-15(6-5-9-24(3)4)13(2)22-19(12)11-17-16-10-14(28(21,26)27)7-8-18(16)23-20(17)25/h7-8,10-11,22H,5-6,9H2,1-4H3,(H,23,25)(H2,21,26,27)/b17-11-. The van der Waals surface area contributed by atoms with Crippen LogP contribution in [0.15, 0.2) is 23.1 Å². The summed E-state index contributed by atoms with van der Waals surface area (Å²) in [6.45, 7) is 5.07. The Balaban J connectivity index is 1.98. The number of anilines is 1. The van der Waals surface area contributed by atoms with Crippen LogP contribution >= 0.6 is 0 Å². The van der Waals surface area contributed by atoms with Crippen LogP contribution in [-0.2, 0) is 21.2 Å². The van der Waals surface area contributed by atoms with Gasteiger partial charge in [-0.2, -0.15) is 0 Å². The average Bonchev–Trinajstić information content (AvgIpc) is 3.04. The van der Waals surface area contributed by atoms with Crippen LogP contribution in [0.25, 0.3) is 11.6 Å². The molecule has 2 heterocycles. The molecule has 0 bridgehead atoms. The first-order valence-electron chi connectivity index (χ1n) is 9.11. The number of aromatic amines is 1. The van der Waals surface area contributed by atoms with Crippen molar-refractivity contribution in [1.29, 1.82) is 0 Å². The number of benzene rings is 1. The van der Waals surface area contributed by atoms with E-state index in [1.165, 1.54) is 17.7 Å². The van der Waals surface area contributed by atoms with E-state index >= 15 is 0 Å². The number of carbonyl (C=O) groups is 1. The predicted molar refractivity (Wildman–Crippen MR) is 111 cm³/mol. The van der Waals surface area contributed by atoms with Crippen LogP contribution in [0.3, 0.4) is 0 Å². The molecule has 7 nitrogen and oxygen atoms in total. The second-order valence-corrected chi connectivity index (χ2v) is 9.00. The maximum atomic E-state index is 12.5. The summed E-state index contributed by atoms with van der Waals surface area (Å²) in [5.74, 6) is -0.262. The maximum absolute atomic E-state index is 12.5. The van der Waals surface area contributed by atoms with Crippen molar-refractivity contribution in [1.82, 2.24) is 9.88 Å². The lowest BCUT2D eigenvalue weighted by Crippen LogP contribution is -2.13. The number of hydrogen-bond acceptors (Lipinski definition) is 4. The van der Waals surface area contributed by atoms with Crippen LogP contribution < -0.4 is 10.5 Å². The fourth-order valence-electron chi connectivity index (χ4n) is 3.54. The minimum absolute atomic E-state index is 0.0163. The van der Waals surface area contributed by atoms with Gasteiger partial charge in [-0.1, -0.05) is 0 Å². The van der Waals surface area contributed by atoms with E-state index in [9.17, 15) is 13.2 Å². The van der Waals surface area contributed by atoms with Gasteiger partial charge in [0.25, 0.3) is 5.91 Å². The van der Waals surface area contributed by atoms with E-state index in [-0.39, 0.29) is 10.8 Å². The smallest absolute Gasteiger partial charge is 0.256 e. The van der Waals surface area contributed by atoms with Crippen molar-refractivity contribution in [2.45, 2.75) is 31.6 Å². The van der Waals surface area contributed by atoms with E-state index in [2.05, 4.69) is 29.3 Å². The first-order chi connectivity index (χ1) is 13.1. The Labute approximate surface area is 165 Å². The Kier molecular flexibility index (Phi) is 5.47. The third kappa shape index (κ3) is 4.04. The van der Waals surface area contributed by atoms with E-state index < -0.39 is 10.0 Å². The molecule has 0 unspecified atom stereocenters. The minimum atomic E-state index is -3.84. The molecule has 0 saturated carbocycles. The molecule has 28 heavy (non-hydrogen) atoms. The Morgan fingerprint density at radius 1 is 1.21 bits per heavy atom. The number of nitrogens with zero attached hydrogens (tertiary/aromatic N) is 1. The first-order valence-corrected chi connectivity index (χ1v) is 10.7. The highest BCUT2D eigenvalue weighted by atomic mass is 32.2. The zero-order valence-corrected chi connectivity index (χ0v) is 17.4. The number of nitrogens with two attached hydrogens (primary N) is 1. The molecule has 0 fully saturated rings. The van der Waals surface area contributed by atoms with Gasteiger partial charge in [-0.05, 0) is 82.7 Å². The first kappa shape index (κ1) is 20.3. The number of rotatable bonds is 6. The van der Waals surface area contributed by atoms with Gasteiger partial charge in [0.05, 0.1) is 10.5 Å². The summed E-state index contributed by atoms with van der Waals surface area (Å²) in [7, 11) is 0.264. The summed E-state index contributed by atoms with van der Waals surface area (Å²) in [5.41, 5.74) is 5.84. The Bertz CT molecular complexity index is 1070. The SMILES string of the molecule is Cc1[nH]c(/C=C2\C(=O)Nc3ccc(S(N)(=O)=O)cc32)c(C)c1CCCN(C)C. The summed E-state index contributed by atoms with van der Waals surface area (Å²) < 4.78 is 23.3. The summed E-state index contributed by atoms with van der Waals surface area (Å²) in [6.07, 6.45) is 3.78. The Morgan fingerprint density at radius 3 is 2.57 bits per heavy atom. The van der Waals surface area contributed by atoms with Crippen LogP contribution in [0.4, 0.5) is 5.69 Å². The molecule has 1 aliphatic rings. The molecule has 4 N–H and O–H groups in total. The number of nitrogens with one attached hydrogen (secondary N) is 2. The van der Waals surface area contributed by atoms with Crippen molar-refractivity contribution < 1.29 is 13.2 Å². The molecule has 1 aromatic carbocycles. The van der Waals surface area contributed by atoms with Crippen LogP contribution in [0.5, 0.6) is 0 Å². The number of H-pyrrole nitrogens is 1. The molecule has 0 atom stereocenters. The van der Waals surface area contributed by atoms with Crippen molar-refractivity contribution in [2.75, 3.05) is 26.0 Å². The van der Waals surface area contributed by atoms with Crippen LogP contribution in [0.1, 0.15) is 34.5 Å². The molecule has 0 saturated heterocycles. The highest BCUT2D eigenvalue weighted by Gasteiger charge is 2.26. The van der Waals surface area contributed by atoms with Gasteiger partial charge in [0.1, 0.15) is 0 Å². The number of carbonyl (C=O) groups excluding carboxylic acids is 1. The van der Waals surface area contributed by atoms with Crippen molar-refractivity contribution in [3.8, 4) is 0 Å². The van der Waals surface area contributed by atoms with Crippen molar-refractivity contribution >= 4 is 33.3 Å². The number of aromatic nitrogens is 1. The Morgan fingerprint density at radius 2 is 1.93 bits per heavy atom. The van der Waals surface area contributed by atoms with E-state index in [0.29, 0.717) is 16.8 Å². The molecule has 150 valence electrons. The molecule has 1 amide bonds. The number of fused-ring (bicyclic) bond motifs is 1. The summed E-state index contributed by atoms with van der Waals surface area (Å²) in [4.78, 5) is 18.0. The van der Waals surface area contributed by atoms with Crippen LogP contribution in [0.2, 0.25) is 0 Å². The third-order valence-corrected chi connectivity index (χ3v) is 5.97. The zero-order valence-electron chi connectivity index (χ0n) is 16.6. The molecule has 0 spiro atoms. The average molecular weight is 403 g/mol. The molecule has 8 heteroatoms. The molecule has 0 radical (unpaired) electrons. The zero-order chi connectivity index (χ0) is 20.6. The lowest BCUT2D eigenvalue weighted by molar-refractivity contribution is -0.110. The van der Waals surface area contributed by atoms with E-state index in [4.69, 9.17) is 5.14 Å². The highest BCUT2D eigenvalue weighted by molar-refractivity contribution is 7.89. The summed E-state index contributed by atoms with van der Waals surface area (Å²) in [5, 5.41) is 8.01. The molecular weight excluding hydrogens is 376 g/mol. The molecule has 2 aromatic rings. The van der Waals surface area contributed by atoms with Gasteiger partial charge in [-0.25, -0.2) is 13.6 Å². The molecular formula is C20H26N4O3S. The van der Waals surface area contributed by atoms with Gasteiger partial charge in [-0.3, -0.25) is 4.79 Å². The molecule has 1 aliphatic heterocycles. The van der Waals surface area contributed by atoms with Crippen molar-refractivity contribution in [3.63, 3.8) is 0 Å². The van der Waals surface area contributed by atoms with E-state index in [0.717, 1.165) is 36.3 Å². The third-order valence-electron chi connectivity index (χ3n) is 5.05. The fourth-order valence-corrected chi connectivity index (χ4v) is 4.08. The monoisotopic (exact) mass is 402 g/mol. The maximum Gasteiger partial charge on any atom is 0.256 e. The van der Waals surface area contributed by atoms with Gasteiger partial charge in [0, 0.05) is 22.6 Å². The number of hydrogen-bond donors (Lipinski definition) is 3. The van der Waals surface area contributed by atoms with Crippen molar-refractivity contribution in [3.05, 3.63) is 46.3 Å². The highest BCUT2D eigenvalue weighted by Crippen LogP contribution is 2.35. The quantitative estimate of drug-likeness (QED) is 0.644. The number of amides is 1. The summed E-state index contributed by atoms with van der Waals surface area (Å²) in [6, 6.07) is 4.40. The Hall–Kier alpha value is -2.42. The minimum Gasteiger partial charge on any atom is -0.359 e. The van der Waals surface area contributed by atoms with E-state index in [1.807, 2.05) is 13.8 Å². The topological polar surface area (TPSA) is 108 Å². The number of aryl methyl sites for hydroxylation is 1. The molecule has 1 aromatic heterocycles.